The first-order valence-electron chi connectivity index (χ1n) is 7.71. The van der Waals surface area contributed by atoms with Crippen molar-refractivity contribution in [3.63, 3.8) is 0 Å². The van der Waals surface area contributed by atoms with Crippen LogP contribution < -0.4 is 0 Å². The quantitative estimate of drug-likeness (QED) is 0.801. The maximum Gasteiger partial charge on any atom is 0.127 e. The second kappa shape index (κ2) is 5.98. The molecule has 0 aromatic heterocycles. The second-order valence-corrected chi connectivity index (χ2v) is 6.19. The van der Waals surface area contributed by atoms with Crippen LogP contribution >= 0.6 is 0 Å². The normalized spacial score (nSPS) is 15.2. The van der Waals surface area contributed by atoms with Crippen LogP contribution in [0.4, 0.5) is 4.39 Å². The second-order valence-electron chi connectivity index (χ2n) is 6.19. The minimum atomic E-state index is -0.0979. The third-order valence-corrected chi connectivity index (χ3v) is 4.36. The third-order valence-electron chi connectivity index (χ3n) is 4.36. The Bertz CT molecular complexity index is 633. The van der Waals surface area contributed by atoms with E-state index in [1.54, 1.807) is 12.1 Å². The SMILES string of the molecule is CC(C)c1cccc2c1CCN(Cc1ccccc1F)C2. The van der Waals surface area contributed by atoms with Crippen molar-refractivity contribution in [3.05, 3.63) is 70.5 Å². The topological polar surface area (TPSA) is 3.24 Å². The van der Waals surface area contributed by atoms with Crippen molar-refractivity contribution < 1.29 is 4.39 Å². The van der Waals surface area contributed by atoms with Gasteiger partial charge in [-0.05, 0) is 35.1 Å². The van der Waals surface area contributed by atoms with Gasteiger partial charge in [0.25, 0.3) is 0 Å². The zero-order valence-corrected chi connectivity index (χ0v) is 12.8. The first kappa shape index (κ1) is 14.3. The summed E-state index contributed by atoms with van der Waals surface area (Å²) in [6.07, 6.45) is 1.07. The molecule has 0 unspecified atom stereocenters. The zero-order chi connectivity index (χ0) is 14.8. The Labute approximate surface area is 126 Å². The Kier molecular flexibility index (Phi) is 4.07. The van der Waals surface area contributed by atoms with E-state index < -0.39 is 0 Å². The molecular formula is C19H22FN. The molecule has 0 fully saturated rings. The molecule has 1 nitrogen and oxygen atoms in total. The third kappa shape index (κ3) is 3.01. The van der Waals surface area contributed by atoms with Crippen LogP contribution in [-0.2, 0) is 19.5 Å². The van der Waals surface area contributed by atoms with Gasteiger partial charge in [0.2, 0.25) is 0 Å². The number of nitrogens with zero attached hydrogens (tertiary/aromatic N) is 1. The number of hydrogen-bond acceptors (Lipinski definition) is 1. The minimum absolute atomic E-state index is 0.0979. The molecular weight excluding hydrogens is 261 g/mol. The molecule has 2 aromatic carbocycles. The van der Waals surface area contributed by atoms with E-state index in [0.29, 0.717) is 12.5 Å². The predicted octanol–water partition coefficient (Wildman–Crippen LogP) is 4.51. The lowest BCUT2D eigenvalue weighted by atomic mass is 9.89. The van der Waals surface area contributed by atoms with Crippen LogP contribution in [0.5, 0.6) is 0 Å². The van der Waals surface area contributed by atoms with Gasteiger partial charge in [0.1, 0.15) is 5.82 Å². The Morgan fingerprint density at radius 1 is 1.10 bits per heavy atom. The van der Waals surface area contributed by atoms with Gasteiger partial charge in [0, 0.05) is 25.2 Å². The van der Waals surface area contributed by atoms with E-state index in [0.717, 1.165) is 25.1 Å². The van der Waals surface area contributed by atoms with Crippen LogP contribution in [0.1, 0.15) is 42.0 Å². The standard InChI is InChI=1S/C19H22FN/c1-14(2)17-8-5-7-15-12-21(11-10-18(15)17)13-16-6-3-4-9-19(16)20/h3-9,14H,10-13H2,1-2H3. The summed E-state index contributed by atoms with van der Waals surface area (Å²) in [5.41, 5.74) is 5.18. The monoisotopic (exact) mass is 283 g/mol. The van der Waals surface area contributed by atoms with Gasteiger partial charge in [-0.25, -0.2) is 4.39 Å². The van der Waals surface area contributed by atoms with Crippen LogP contribution in [0, 0.1) is 5.82 Å². The van der Waals surface area contributed by atoms with Crippen LogP contribution in [0.25, 0.3) is 0 Å². The summed E-state index contributed by atoms with van der Waals surface area (Å²) >= 11 is 0. The van der Waals surface area contributed by atoms with Crippen LogP contribution in [0.15, 0.2) is 42.5 Å². The zero-order valence-electron chi connectivity index (χ0n) is 12.8. The van der Waals surface area contributed by atoms with Gasteiger partial charge in [0.15, 0.2) is 0 Å². The number of rotatable bonds is 3. The van der Waals surface area contributed by atoms with Gasteiger partial charge in [0.05, 0.1) is 0 Å². The Morgan fingerprint density at radius 2 is 1.90 bits per heavy atom. The van der Waals surface area contributed by atoms with Gasteiger partial charge in [-0.3, -0.25) is 4.90 Å². The van der Waals surface area contributed by atoms with E-state index in [9.17, 15) is 4.39 Å². The maximum absolute atomic E-state index is 13.8. The molecule has 3 rings (SSSR count). The summed E-state index contributed by atoms with van der Waals surface area (Å²) in [6.45, 7) is 7.12. The average Bonchev–Trinajstić information content (AvgIpc) is 2.48. The molecule has 2 aromatic rings. The van der Waals surface area contributed by atoms with Gasteiger partial charge in [-0.2, -0.15) is 0 Å². The Hall–Kier alpha value is -1.67. The van der Waals surface area contributed by atoms with Gasteiger partial charge >= 0.3 is 0 Å². The fourth-order valence-electron chi connectivity index (χ4n) is 3.24. The minimum Gasteiger partial charge on any atom is -0.294 e. The van der Waals surface area contributed by atoms with Crippen molar-refractivity contribution in [1.82, 2.24) is 4.90 Å². The predicted molar refractivity (Wildman–Crippen MR) is 84.7 cm³/mol. The Morgan fingerprint density at radius 3 is 2.67 bits per heavy atom. The van der Waals surface area contributed by atoms with Crippen molar-refractivity contribution in [1.29, 1.82) is 0 Å². The largest absolute Gasteiger partial charge is 0.294 e. The molecule has 21 heavy (non-hydrogen) atoms. The molecule has 0 atom stereocenters. The van der Waals surface area contributed by atoms with Crippen LogP contribution in [0.2, 0.25) is 0 Å². The highest BCUT2D eigenvalue weighted by Crippen LogP contribution is 2.28. The summed E-state index contributed by atoms with van der Waals surface area (Å²) < 4.78 is 13.8. The van der Waals surface area contributed by atoms with Gasteiger partial charge in [-0.1, -0.05) is 50.2 Å². The summed E-state index contributed by atoms with van der Waals surface area (Å²) in [7, 11) is 0. The van der Waals surface area contributed by atoms with Crippen molar-refractivity contribution in [2.24, 2.45) is 0 Å². The van der Waals surface area contributed by atoms with E-state index in [1.807, 2.05) is 12.1 Å². The van der Waals surface area contributed by atoms with E-state index in [2.05, 4.69) is 36.9 Å². The van der Waals surface area contributed by atoms with E-state index >= 15 is 0 Å². The highest BCUT2D eigenvalue weighted by atomic mass is 19.1. The van der Waals surface area contributed by atoms with E-state index in [1.165, 1.54) is 16.7 Å². The van der Waals surface area contributed by atoms with Crippen LogP contribution in [0.3, 0.4) is 0 Å². The highest BCUT2D eigenvalue weighted by molar-refractivity contribution is 5.38. The molecule has 0 saturated heterocycles. The van der Waals surface area contributed by atoms with E-state index in [4.69, 9.17) is 0 Å². The molecule has 0 bridgehead atoms. The molecule has 2 heteroatoms. The number of hydrogen-bond donors (Lipinski definition) is 0. The maximum atomic E-state index is 13.8. The fraction of sp³-hybridized carbons (Fsp3) is 0.368. The Balaban J connectivity index is 1.79. The summed E-state index contributed by atoms with van der Waals surface area (Å²) in [6, 6.07) is 13.7. The first-order chi connectivity index (χ1) is 10.1. The average molecular weight is 283 g/mol. The molecule has 1 aliphatic rings. The lowest BCUT2D eigenvalue weighted by Crippen LogP contribution is -2.31. The molecule has 110 valence electrons. The van der Waals surface area contributed by atoms with E-state index in [-0.39, 0.29) is 5.82 Å². The van der Waals surface area contributed by atoms with Gasteiger partial charge in [-0.15, -0.1) is 0 Å². The number of halogens is 1. The molecule has 0 spiro atoms. The summed E-state index contributed by atoms with van der Waals surface area (Å²) in [5, 5.41) is 0. The van der Waals surface area contributed by atoms with Crippen molar-refractivity contribution in [3.8, 4) is 0 Å². The summed E-state index contributed by atoms with van der Waals surface area (Å²) in [5.74, 6) is 0.470. The number of benzene rings is 2. The van der Waals surface area contributed by atoms with Crippen molar-refractivity contribution >= 4 is 0 Å². The highest BCUT2D eigenvalue weighted by Gasteiger charge is 2.20. The molecule has 0 N–H and O–H groups in total. The lowest BCUT2D eigenvalue weighted by Gasteiger charge is -2.31. The van der Waals surface area contributed by atoms with Gasteiger partial charge < -0.3 is 0 Å². The summed E-state index contributed by atoms with van der Waals surface area (Å²) in [4.78, 5) is 2.34. The molecule has 0 amide bonds. The molecule has 1 aliphatic heterocycles. The number of fused-ring (bicyclic) bond motifs is 1. The molecule has 0 aliphatic carbocycles. The van der Waals surface area contributed by atoms with Crippen molar-refractivity contribution in [2.45, 2.75) is 39.3 Å². The smallest absolute Gasteiger partial charge is 0.127 e. The first-order valence-corrected chi connectivity index (χ1v) is 7.71. The van der Waals surface area contributed by atoms with Crippen molar-refractivity contribution in [2.75, 3.05) is 6.54 Å². The molecule has 0 saturated carbocycles. The lowest BCUT2D eigenvalue weighted by molar-refractivity contribution is 0.241. The van der Waals surface area contributed by atoms with Crippen LogP contribution in [-0.4, -0.2) is 11.4 Å². The molecule has 0 radical (unpaired) electrons. The molecule has 1 heterocycles. The fourth-order valence-corrected chi connectivity index (χ4v) is 3.24.